The molecule has 1 heteroatoms. The predicted octanol–water partition coefficient (Wildman–Crippen LogP) is 3.14. The van der Waals surface area contributed by atoms with Crippen LogP contribution < -0.4 is 0 Å². The summed E-state index contributed by atoms with van der Waals surface area (Å²) in [5, 5.41) is 8.56. The smallest absolute Gasteiger partial charge is 0.0940 e. The molecule has 0 radical (unpaired) electrons. The predicted molar refractivity (Wildman–Crippen MR) is 48.0 cm³/mol. The first kappa shape index (κ1) is 10.2. The van der Waals surface area contributed by atoms with E-state index in [1.54, 1.807) is 0 Å². The normalized spacial score (nSPS) is 13.4. The summed E-state index contributed by atoms with van der Waals surface area (Å²) < 4.78 is 0. The first-order valence-corrected chi connectivity index (χ1v) is 3.99. The zero-order chi connectivity index (χ0) is 9.07. The van der Waals surface area contributed by atoms with Gasteiger partial charge in [0.15, 0.2) is 0 Å². The lowest BCUT2D eigenvalue weighted by atomic mass is 9.80. The Morgan fingerprint density at radius 1 is 1.45 bits per heavy atom. The van der Waals surface area contributed by atoms with Gasteiger partial charge in [0.25, 0.3) is 0 Å². The van der Waals surface area contributed by atoms with Gasteiger partial charge in [0.1, 0.15) is 0 Å². The van der Waals surface area contributed by atoms with Crippen molar-refractivity contribution in [3.05, 3.63) is 11.6 Å². The summed E-state index contributed by atoms with van der Waals surface area (Å²) in [5.41, 5.74) is 0.948. The van der Waals surface area contributed by atoms with E-state index in [1.165, 1.54) is 0 Å². The van der Waals surface area contributed by atoms with Gasteiger partial charge in [-0.15, -0.1) is 0 Å². The highest BCUT2D eigenvalue weighted by molar-refractivity contribution is 5.20. The maximum atomic E-state index is 8.56. The Labute approximate surface area is 69.7 Å². The molecule has 0 unspecified atom stereocenters. The molecule has 0 amide bonds. The number of allylic oxidation sites excluding steroid dienone is 2. The van der Waals surface area contributed by atoms with E-state index < -0.39 is 0 Å². The van der Waals surface area contributed by atoms with E-state index in [0.29, 0.717) is 5.92 Å². The van der Waals surface area contributed by atoms with Gasteiger partial charge in [-0.1, -0.05) is 33.8 Å². The van der Waals surface area contributed by atoms with E-state index in [2.05, 4.69) is 33.8 Å². The highest BCUT2D eigenvalue weighted by Gasteiger charge is 2.19. The van der Waals surface area contributed by atoms with Gasteiger partial charge in [0.2, 0.25) is 0 Å². The van der Waals surface area contributed by atoms with Crippen LogP contribution in [0.15, 0.2) is 11.6 Å². The molecule has 0 rings (SSSR count). The van der Waals surface area contributed by atoms with E-state index in [0.717, 1.165) is 5.57 Å². The van der Waals surface area contributed by atoms with Crippen LogP contribution in [0.4, 0.5) is 0 Å². The van der Waals surface area contributed by atoms with Gasteiger partial charge in [-0.3, -0.25) is 0 Å². The topological polar surface area (TPSA) is 23.8 Å². The van der Waals surface area contributed by atoms with Gasteiger partial charge in [0, 0.05) is 5.57 Å². The molecule has 62 valence electrons. The fourth-order valence-corrected chi connectivity index (χ4v) is 0.757. The third-order valence-electron chi connectivity index (χ3n) is 2.25. The lowest BCUT2D eigenvalue weighted by Crippen LogP contribution is -2.16. The van der Waals surface area contributed by atoms with E-state index in [-0.39, 0.29) is 5.41 Å². The lowest BCUT2D eigenvalue weighted by molar-refractivity contribution is 0.332. The minimum Gasteiger partial charge on any atom is -0.193 e. The molecule has 0 spiro atoms. The van der Waals surface area contributed by atoms with Crippen molar-refractivity contribution < 1.29 is 0 Å². The van der Waals surface area contributed by atoms with Crippen LogP contribution in [-0.2, 0) is 0 Å². The van der Waals surface area contributed by atoms with Crippen LogP contribution in [0.1, 0.15) is 34.6 Å². The molecule has 1 nitrogen and oxygen atoms in total. The minimum atomic E-state index is 0.139. The van der Waals surface area contributed by atoms with Crippen LogP contribution >= 0.6 is 0 Å². The van der Waals surface area contributed by atoms with Crippen LogP contribution in [0.2, 0.25) is 0 Å². The van der Waals surface area contributed by atoms with Crippen LogP contribution in [0.5, 0.6) is 0 Å². The van der Waals surface area contributed by atoms with Gasteiger partial charge < -0.3 is 0 Å². The lowest BCUT2D eigenvalue weighted by Gasteiger charge is -2.25. The molecule has 0 N–H and O–H groups in total. The Morgan fingerprint density at radius 3 is 2.18 bits per heavy atom. The van der Waals surface area contributed by atoms with Crippen LogP contribution in [0, 0.1) is 22.7 Å². The average Bonchev–Trinajstić information content (AvgIpc) is 1.86. The van der Waals surface area contributed by atoms with Crippen molar-refractivity contribution in [2.24, 2.45) is 11.3 Å². The van der Waals surface area contributed by atoms with Crippen molar-refractivity contribution in [2.45, 2.75) is 34.6 Å². The summed E-state index contributed by atoms with van der Waals surface area (Å²) in [6.45, 7) is 10.5. The van der Waals surface area contributed by atoms with E-state index in [9.17, 15) is 0 Å². The van der Waals surface area contributed by atoms with Crippen LogP contribution in [0.25, 0.3) is 0 Å². The molecule has 0 aliphatic rings. The molecule has 0 aromatic rings. The Balaban J connectivity index is 4.49. The maximum Gasteiger partial charge on any atom is 0.0940 e. The second-order valence-electron chi connectivity index (χ2n) is 3.92. The Bertz CT molecular complexity index is 191. The minimum absolute atomic E-state index is 0.139. The summed E-state index contributed by atoms with van der Waals surface area (Å²) in [4.78, 5) is 0. The molecule has 0 aliphatic heterocycles. The molecule has 0 bridgehead atoms. The first-order valence-electron chi connectivity index (χ1n) is 3.99. The van der Waals surface area contributed by atoms with Crippen molar-refractivity contribution in [3.8, 4) is 6.07 Å². The fourth-order valence-electron chi connectivity index (χ4n) is 0.757. The van der Waals surface area contributed by atoms with Crippen molar-refractivity contribution in [2.75, 3.05) is 0 Å². The average molecular weight is 151 g/mol. The largest absolute Gasteiger partial charge is 0.193 e. The molecular weight excluding hydrogens is 134 g/mol. The summed E-state index contributed by atoms with van der Waals surface area (Å²) in [7, 11) is 0. The highest BCUT2D eigenvalue weighted by atomic mass is 14.3. The second kappa shape index (κ2) is 3.57. The number of hydrogen-bond acceptors (Lipinski definition) is 1. The maximum absolute atomic E-state index is 8.56. The zero-order valence-electron chi connectivity index (χ0n) is 8.10. The highest BCUT2D eigenvalue weighted by Crippen LogP contribution is 2.28. The summed E-state index contributed by atoms with van der Waals surface area (Å²) in [5.74, 6) is 0.575. The number of nitrogens with zero attached hydrogens (tertiary/aromatic N) is 1. The Kier molecular flexibility index (Phi) is 3.32. The number of hydrogen-bond donors (Lipinski definition) is 0. The third kappa shape index (κ3) is 3.23. The number of rotatable bonds is 2. The quantitative estimate of drug-likeness (QED) is 0.556. The Morgan fingerprint density at radius 2 is 1.91 bits per heavy atom. The first-order chi connectivity index (χ1) is 4.90. The second-order valence-corrected chi connectivity index (χ2v) is 3.92. The molecule has 0 atom stereocenters. The molecule has 0 heterocycles. The molecule has 11 heavy (non-hydrogen) atoms. The van der Waals surface area contributed by atoms with Crippen molar-refractivity contribution >= 4 is 0 Å². The van der Waals surface area contributed by atoms with Gasteiger partial charge in [-0.05, 0) is 18.3 Å². The molecule has 0 saturated carbocycles. The van der Waals surface area contributed by atoms with Crippen LogP contribution in [0.3, 0.4) is 0 Å². The Hall–Kier alpha value is -0.770. The van der Waals surface area contributed by atoms with Crippen molar-refractivity contribution in [3.63, 3.8) is 0 Å². The van der Waals surface area contributed by atoms with Gasteiger partial charge in [-0.25, -0.2) is 0 Å². The third-order valence-corrected chi connectivity index (χ3v) is 2.25. The standard InChI is InChI=1S/C10H17N/c1-8(2)10(4,5)6-9(3)7-11/h6,8H,1-5H3/b9-6-. The van der Waals surface area contributed by atoms with E-state index >= 15 is 0 Å². The van der Waals surface area contributed by atoms with Crippen molar-refractivity contribution in [1.29, 1.82) is 5.26 Å². The number of nitriles is 1. The summed E-state index contributed by atoms with van der Waals surface area (Å²) in [6, 6.07) is 2.14. The molecule has 0 aromatic carbocycles. The summed E-state index contributed by atoms with van der Waals surface area (Å²) in [6.07, 6.45) is 2.04. The molecule has 0 aliphatic carbocycles. The molecule has 0 saturated heterocycles. The van der Waals surface area contributed by atoms with Gasteiger partial charge in [0.05, 0.1) is 6.07 Å². The van der Waals surface area contributed by atoms with Gasteiger partial charge in [-0.2, -0.15) is 5.26 Å². The van der Waals surface area contributed by atoms with E-state index in [1.807, 2.05) is 13.0 Å². The molecule has 0 aromatic heterocycles. The fraction of sp³-hybridized carbons (Fsp3) is 0.700. The molecular formula is C10H17N. The van der Waals surface area contributed by atoms with Gasteiger partial charge >= 0.3 is 0 Å². The molecule has 0 fully saturated rings. The SMILES string of the molecule is C/C(C#N)=C/C(C)(C)C(C)C. The zero-order valence-corrected chi connectivity index (χ0v) is 8.10. The van der Waals surface area contributed by atoms with Crippen molar-refractivity contribution in [1.82, 2.24) is 0 Å². The van der Waals surface area contributed by atoms with E-state index in [4.69, 9.17) is 5.26 Å². The van der Waals surface area contributed by atoms with Crippen LogP contribution in [-0.4, -0.2) is 0 Å². The summed E-state index contributed by atoms with van der Waals surface area (Å²) >= 11 is 0. The monoisotopic (exact) mass is 151 g/mol.